The molecule has 19 heavy (non-hydrogen) atoms. The molecule has 0 amide bonds. The summed E-state index contributed by atoms with van der Waals surface area (Å²) in [6.07, 6.45) is 1.76. The monoisotopic (exact) mass is 284 g/mol. The van der Waals surface area contributed by atoms with Crippen molar-refractivity contribution in [2.24, 2.45) is 0 Å². The van der Waals surface area contributed by atoms with E-state index in [-0.39, 0.29) is 6.04 Å². The number of anilines is 1. The highest BCUT2D eigenvalue weighted by Gasteiger charge is 2.23. The zero-order valence-electron chi connectivity index (χ0n) is 12.4. The van der Waals surface area contributed by atoms with Crippen molar-refractivity contribution in [1.29, 1.82) is 0 Å². The second-order valence-corrected chi connectivity index (χ2v) is 6.82. The van der Waals surface area contributed by atoms with Crippen LogP contribution in [0.4, 0.5) is 5.69 Å². The molecule has 0 saturated carbocycles. The van der Waals surface area contributed by atoms with E-state index in [0.717, 1.165) is 24.0 Å². The third-order valence-electron chi connectivity index (χ3n) is 3.42. The molecule has 0 aliphatic heterocycles. The van der Waals surface area contributed by atoms with Crippen LogP contribution in [0.1, 0.15) is 43.4 Å². The summed E-state index contributed by atoms with van der Waals surface area (Å²) in [7, 11) is -3.52. The second-order valence-electron chi connectivity index (χ2n) is 5.17. The van der Waals surface area contributed by atoms with Crippen molar-refractivity contribution in [3.05, 3.63) is 22.8 Å². The smallest absolute Gasteiger partial charge is 0.241 e. The minimum atomic E-state index is -3.52. The minimum Gasteiger partial charge on any atom is -0.398 e. The van der Waals surface area contributed by atoms with E-state index < -0.39 is 10.0 Å². The molecule has 1 unspecified atom stereocenters. The third-order valence-corrected chi connectivity index (χ3v) is 5.29. The Hall–Kier alpha value is -1.07. The van der Waals surface area contributed by atoms with Gasteiger partial charge in [0.25, 0.3) is 0 Å². The molecule has 1 rings (SSSR count). The normalized spacial score (nSPS) is 13.5. The first-order valence-corrected chi connectivity index (χ1v) is 8.07. The standard InChI is InChI=1S/C14H24N2O2S/c1-6-7-10(3)16-19(17,18)14-11(4)9(2)8-13(15)12(14)5/h8,10,16H,6-7,15H2,1-5H3. The number of hydrogen-bond acceptors (Lipinski definition) is 3. The maximum Gasteiger partial charge on any atom is 0.241 e. The molecule has 0 fully saturated rings. The number of aryl methyl sites for hydroxylation is 1. The van der Waals surface area contributed by atoms with Crippen LogP contribution < -0.4 is 10.5 Å². The quantitative estimate of drug-likeness (QED) is 0.816. The number of sulfonamides is 1. The summed E-state index contributed by atoms with van der Waals surface area (Å²) in [5.41, 5.74) is 8.69. The molecular formula is C14H24N2O2S. The van der Waals surface area contributed by atoms with Crippen molar-refractivity contribution in [3.63, 3.8) is 0 Å². The minimum absolute atomic E-state index is 0.0736. The molecule has 0 spiro atoms. The molecule has 1 aromatic rings. The summed E-state index contributed by atoms with van der Waals surface area (Å²) in [6.45, 7) is 9.36. The van der Waals surface area contributed by atoms with Gasteiger partial charge >= 0.3 is 0 Å². The summed E-state index contributed by atoms with van der Waals surface area (Å²) in [5.74, 6) is 0. The third kappa shape index (κ3) is 3.48. The van der Waals surface area contributed by atoms with Crippen LogP contribution in [0.25, 0.3) is 0 Å². The van der Waals surface area contributed by atoms with Crippen LogP contribution in [-0.2, 0) is 10.0 Å². The lowest BCUT2D eigenvalue weighted by Crippen LogP contribution is -2.33. The summed E-state index contributed by atoms with van der Waals surface area (Å²) >= 11 is 0. The second kappa shape index (κ2) is 5.92. The maximum atomic E-state index is 12.5. The molecule has 0 aromatic heterocycles. The Morgan fingerprint density at radius 3 is 2.37 bits per heavy atom. The van der Waals surface area contributed by atoms with Crippen LogP contribution >= 0.6 is 0 Å². The average Bonchev–Trinajstić information content (AvgIpc) is 2.25. The average molecular weight is 284 g/mol. The fraction of sp³-hybridized carbons (Fsp3) is 0.571. The van der Waals surface area contributed by atoms with Gasteiger partial charge in [-0.05, 0) is 56.9 Å². The SMILES string of the molecule is CCCC(C)NS(=O)(=O)c1c(C)c(C)cc(N)c1C. The fourth-order valence-corrected chi connectivity index (χ4v) is 4.11. The van der Waals surface area contributed by atoms with Gasteiger partial charge in [-0.15, -0.1) is 0 Å². The van der Waals surface area contributed by atoms with Crippen LogP contribution in [0.3, 0.4) is 0 Å². The van der Waals surface area contributed by atoms with Crippen molar-refractivity contribution in [2.45, 2.75) is 58.4 Å². The van der Waals surface area contributed by atoms with Gasteiger partial charge in [-0.25, -0.2) is 13.1 Å². The first kappa shape index (κ1) is 16.0. The van der Waals surface area contributed by atoms with Gasteiger partial charge in [0.1, 0.15) is 0 Å². The molecule has 0 aliphatic rings. The summed E-state index contributed by atoms with van der Waals surface area (Å²) in [6, 6.07) is 1.75. The molecule has 0 aliphatic carbocycles. The Morgan fingerprint density at radius 1 is 1.26 bits per heavy atom. The molecule has 108 valence electrons. The van der Waals surface area contributed by atoms with Gasteiger partial charge in [-0.1, -0.05) is 13.3 Å². The molecule has 4 nitrogen and oxygen atoms in total. The Morgan fingerprint density at radius 2 is 1.84 bits per heavy atom. The van der Waals surface area contributed by atoms with E-state index in [2.05, 4.69) is 4.72 Å². The lowest BCUT2D eigenvalue weighted by molar-refractivity contribution is 0.543. The number of hydrogen-bond donors (Lipinski definition) is 2. The number of nitrogens with one attached hydrogen (secondary N) is 1. The maximum absolute atomic E-state index is 12.5. The van der Waals surface area contributed by atoms with E-state index in [1.54, 1.807) is 6.92 Å². The van der Waals surface area contributed by atoms with E-state index in [1.807, 2.05) is 33.8 Å². The van der Waals surface area contributed by atoms with E-state index in [9.17, 15) is 8.42 Å². The number of rotatable bonds is 5. The summed E-state index contributed by atoms with van der Waals surface area (Å²) < 4.78 is 27.7. The van der Waals surface area contributed by atoms with Crippen molar-refractivity contribution in [3.8, 4) is 0 Å². The zero-order chi connectivity index (χ0) is 14.8. The fourth-order valence-electron chi connectivity index (χ4n) is 2.26. The topological polar surface area (TPSA) is 72.2 Å². The molecule has 0 radical (unpaired) electrons. The van der Waals surface area contributed by atoms with Gasteiger partial charge in [0, 0.05) is 11.7 Å². The Balaban J connectivity index is 3.29. The Kier molecular flexibility index (Phi) is 4.98. The lowest BCUT2D eigenvalue weighted by Gasteiger charge is -2.18. The van der Waals surface area contributed by atoms with E-state index in [0.29, 0.717) is 16.1 Å². The van der Waals surface area contributed by atoms with E-state index in [4.69, 9.17) is 5.73 Å². The summed E-state index contributed by atoms with van der Waals surface area (Å²) in [5, 5.41) is 0. The largest absolute Gasteiger partial charge is 0.398 e. The molecule has 5 heteroatoms. The van der Waals surface area contributed by atoms with E-state index in [1.165, 1.54) is 0 Å². The molecular weight excluding hydrogens is 260 g/mol. The molecule has 0 bridgehead atoms. The first-order valence-electron chi connectivity index (χ1n) is 6.59. The van der Waals surface area contributed by atoms with Crippen molar-refractivity contribution in [1.82, 2.24) is 4.72 Å². The first-order chi connectivity index (χ1) is 8.70. The molecule has 1 aromatic carbocycles. The molecule has 0 heterocycles. The van der Waals surface area contributed by atoms with Gasteiger partial charge < -0.3 is 5.73 Å². The van der Waals surface area contributed by atoms with Gasteiger partial charge in [0.15, 0.2) is 0 Å². The van der Waals surface area contributed by atoms with Crippen LogP contribution in [0.5, 0.6) is 0 Å². The van der Waals surface area contributed by atoms with Crippen LogP contribution in [-0.4, -0.2) is 14.5 Å². The highest BCUT2D eigenvalue weighted by molar-refractivity contribution is 7.89. The van der Waals surface area contributed by atoms with Crippen LogP contribution in [0, 0.1) is 20.8 Å². The summed E-state index contributed by atoms with van der Waals surface area (Å²) in [4.78, 5) is 0.327. The van der Waals surface area contributed by atoms with Crippen LogP contribution in [0.15, 0.2) is 11.0 Å². The van der Waals surface area contributed by atoms with Gasteiger partial charge in [-0.2, -0.15) is 0 Å². The number of nitrogens with two attached hydrogens (primary N) is 1. The predicted octanol–water partition coefficient (Wildman–Crippen LogP) is 2.66. The Labute approximate surface area is 116 Å². The highest BCUT2D eigenvalue weighted by Crippen LogP contribution is 2.28. The van der Waals surface area contributed by atoms with Crippen LogP contribution in [0.2, 0.25) is 0 Å². The molecule has 1 atom stereocenters. The van der Waals surface area contributed by atoms with Gasteiger partial charge in [-0.3, -0.25) is 0 Å². The van der Waals surface area contributed by atoms with Crippen molar-refractivity contribution < 1.29 is 8.42 Å². The number of benzene rings is 1. The lowest BCUT2D eigenvalue weighted by atomic mass is 10.1. The van der Waals surface area contributed by atoms with Crippen molar-refractivity contribution >= 4 is 15.7 Å². The molecule has 0 saturated heterocycles. The molecule has 3 N–H and O–H groups in total. The Bertz CT molecular complexity index is 539. The van der Waals surface area contributed by atoms with Gasteiger partial charge in [0.2, 0.25) is 10.0 Å². The van der Waals surface area contributed by atoms with E-state index >= 15 is 0 Å². The van der Waals surface area contributed by atoms with Crippen molar-refractivity contribution in [2.75, 3.05) is 5.73 Å². The zero-order valence-corrected chi connectivity index (χ0v) is 13.2. The number of nitrogen functional groups attached to an aromatic ring is 1. The predicted molar refractivity (Wildman–Crippen MR) is 79.8 cm³/mol. The van der Waals surface area contributed by atoms with Gasteiger partial charge in [0.05, 0.1) is 4.90 Å². The highest BCUT2D eigenvalue weighted by atomic mass is 32.2.